The quantitative estimate of drug-likeness (QED) is 0.797. The minimum absolute atomic E-state index is 0.303. The van der Waals surface area contributed by atoms with E-state index in [1.54, 1.807) is 6.07 Å². The number of sulfonamides is 1. The largest absolute Gasteiger partial charge is 0.381 e. The molecule has 1 aliphatic carbocycles. The van der Waals surface area contributed by atoms with Crippen LogP contribution in [0.4, 0.5) is 0 Å². The van der Waals surface area contributed by atoms with Crippen molar-refractivity contribution in [1.82, 2.24) is 10.0 Å². The summed E-state index contributed by atoms with van der Waals surface area (Å²) in [7, 11) is -3.39. The van der Waals surface area contributed by atoms with Crippen LogP contribution in [0, 0.1) is 12.8 Å². The van der Waals surface area contributed by atoms with Gasteiger partial charge in [-0.15, -0.1) is 11.3 Å². The van der Waals surface area contributed by atoms with Gasteiger partial charge >= 0.3 is 0 Å². The molecule has 1 aromatic heterocycles. The van der Waals surface area contributed by atoms with Crippen molar-refractivity contribution in [2.45, 2.75) is 43.0 Å². The van der Waals surface area contributed by atoms with Crippen LogP contribution >= 0.6 is 11.3 Å². The highest BCUT2D eigenvalue weighted by molar-refractivity contribution is 7.91. The Kier molecular flexibility index (Phi) is 4.66. The lowest BCUT2D eigenvalue weighted by atomic mass is 10.1. The number of aryl methyl sites for hydroxylation is 1. The molecule has 2 heterocycles. The summed E-state index contributed by atoms with van der Waals surface area (Å²) < 4.78 is 33.1. The van der Waals surface area contributed by atoms with Crippen molar-refractivity contribution < 1.29 is 13.2 Å². The summed E-state index contributed by atoms with van der Waals surface area (Å²) in [5.74, 6) is 0.303. The van der Waals surface area contributed by atoms with Crippen molar-refractivity contribution in [3.63, 3.8) is 0 Å². The fraction of sp³-hybridized carbons (Fsp3) is 0.714. The zero-order valence-corrected chi connectivity index (χ0v) is 13.9. The molecule has 1 atom stereocenters. The zero-order valence-electron chi connectivity index (χ0n) is 12.2. The van der Waals surface area contributed by atoms with E-state index in [0.29, 0.717) is 29.3 Å². The van der Waals surface area contributed by atoms with Crippen LogP contribution in [-0.2, 0) is 21.3 Å². The van der Waals surface area contributed by atoms with Crippen molar-refractivity contribution in [3.8, 4) is 0 Å². The maximum atomic E-state index is 12.3. The SMILES string of the molecule is Cc1cc(S(=O)(=O)NCC2CCOC2)sc1CNC1CC1. The third-order valence-corrected chi connectivity index (χ3v) is 7.11. The molecule has 0 bridgehead atoms. The highest BCUT2D eigenvalue weighted by Gasteiger charge is 2.24. The number of nitrogens with one attached hydrogen (secondary N) is 2. The van der Waals surface area contributed by atoms with Gasteiger partial charge in [-0.3, -0.25) is 0 Å². The first-order valence-corrected chi connectivity index (χ1v) is 9.74. The van der Waals surface area contributed by atoms with E-state index in [9.17, 15) is 8.42 Å². The van der Waals surface area contributed by atoms with Crippen molar-refractivity contribution in [2.24, 2.45) is 5.92 Å². The Hall–Kier alpha value is -0.470. The molecule has 2 fully saturated rings. The summed E-state index contributed by atoms with van der Waals surface area (Å²) >= 11 is 1.37. The van der Waals surface area contributed by atoms with Gasteiger partial charge in [0.1, 0.15) is 4.21 Å². The fourth-order valence-electron chi connectivity index (χ4n) is 2.36. The molecule has 21 heavy (non-hydrogen) atoms. The predicted molar refractivity (Wildman–Crippen MR) is 83.0 cm³/mol. The van der Waals surface area contributed by atoms with E-state index in [1.165, 1.54) is 24.2 Å². The predicted octanol–water partition coefficient (Wildman–Crippen LogP) is 1.62. The fourth-order valence-corrected chi connectivity index (χ4v) is 5.06. The highest BCUT2D eigenvalue weighted by atomic mass is 32.2. The van der Waals surface area contributed by atoms with Crippen molar-refractivity contribution in [3.05, 3.63) is 16.5 Å². The average molecular weight is 330 g/mol. The van der Waals surface area contributed by atoms with Gasteiger partial charge in [-0.25, -0.2) is 13.1 Å². The van der Waals surface area contributed by atoms with Crippen LogP contribution in [0.25, 0.3) is 0 Å². The Morgan fingerprint density at radius 1 is 1.38 bits per heavy atom. The van der Waals surface area contributed by atoms with Gasteiger partial charge in [-0.05, 0) is 43.7 Å². The molecule has 2 N–H and O–H groups in total. The second-order valence-corrected chi connectivity index (χ2v) is 9.04. The number of hydrogen-bond acceptors (Lipinski definition) is 5. The van der Waals surface area contributed by atoms with Crippen molar-refractivity contribution in [2.75, 3.05) is 19.8 Å². The molecule has 0 aromatic carbocycles. The van der Waals surface area contributed by atoms with E-state index in [-0.39, 0.29) is 0 Å². The van der Waals surface area contributed by atoms with Gasteiger partial charge in [0, 0.05) is 30.6 Å². The maximum Gasteiger partial charge on any atom is 0.250 e. The summed E-state index contributed by atoms with van der Waals surface area (Å²) in [4.78, 5) is 1.12. The lowest BCUT2D eigenvalue weighted by Gasteiger charge is -2.08. The van der Waals surface area contributed by atoms with Gasteiger partial charge in [-0.2, -0.15) is 0 Å². The zero-order chi connectivity index (χ0) is 14.9. The Morgan fingerprint density at radius 3 is 2.86 bits per heavy atom. The van der Waals surface area contributed by atoms with Gasteiger partial charge in [0.2, 0.25) is 10.0 Å². The second kappa shape index (κ2) is 6.34. The molecule has 1 aliphatic heterocycles. The molecule has 118 valence electrons. The molecule has 1 aromatic rings. The van der Waals surface area contributed by atoms with Gasteiger partial charge in [0.25, 0.3) is 0 Å². The normalized spacial score (nSPS) is 22.8. The van der Waals surface area contributed by atoms with Crippen LogP contribution in [0.15, 0.2) is 10.3 Å². The smallest absolute Gasteiger partial charge is 0.250 e. The van der Waals surface area contributed by atoms with Crippen molar-refractivity contribution >= 4 is 21.4 Å². The molecule has 0 spiro atoms. The molecule has 7 heteroatoms. The monoisotopic (exact) mass is 330 g/mol. The van der Waals surface area contributed by atoms with E-state index < -0.39 is 10.0 Å². The van der Waals surface area contributed by atoms with Crippen LogP contribution in [0.2, 0.25) is 0 Å². The third-order valence-electron chi connectivity index (χ3n) is 3.98. The van der Waals surface area contributed by atoms with Gasteiger partial charge < -0.3 is 10.1 Å². The molecule has 5 nitrogen and oxygen atoms in total. The minimum atomic E-state index is -3.39. The van der Waals surface area contributed by atoms with E-state index in [4.69, 9.17) is 4.74 Å². The van der Waals surface area contributed by atoms with Crippen LogP contribution < -0.4 is 10.0 Å². The molecule has 0 radical (unpaired) electrons. The summed E-state index contributed by atoms with van der Waals surface area (Å²) in [6.45, 7) is 4.61. The molecule has 1 unspecified atom stereocenters. The van der Waals surface area contributed by atoms with Crippen LogP contribution in [-0.4, -0.2) is 34.2 Å². The number of hydrogen-bond donors (Lipinski definition) is 2. The van der Waals surface area contributed by atoms with E-state index >= 15 is 0 Å². The first-order chi connectivity index (χ1) is 10.0. The Balaban J connectivity index is 1.61. The highest BCUT2D eigenvalue weighted by Crippen LogP contribution is 2.27. The molecular weight excluding hydrogens is 308 g/mol. The molecule has 2 aliphatic rings. The summed E-state index contributed by atoms with van der Waals surface area (Å²) in [6.07, 6.45) is 3.41. The lowest BCUT2D eigenvalue weighted by Crippen LogP contribution is -2.29. The third kappa shape index (κ3) is 4.04. The molecular formula is C14H22N2O3S2. The molecule has 0 amide bonds. The maximum absolute atomic E-state index is 12.3. The first-order valence-electron chi connectivity index (χ1n) is 7.45. The average Bonchev–Trinajstić information content (AvgIpc) is 2.98. The minimum Gasteiger partial charge on any atom is -0.381 e. The van der Waals surface area contributed by atoms with E-state index in [0.717, 1.165) is 30.0 Å². The molecule has 1 saturated carbocycles. The number of rotatable bonds is 7. The first kappa shape index (κ1) is 15.4. The topological polar surface area (TPSA) is 67.4 Å². The summed E-state index contributed by atoms with van der Waals surface area (Å²) in [6, 6.07) is 2.41. The molecule has 3 rings (SSSR count). The summed E-state index contributed by atoms with van der Waals surface area (Å²) in [5, 5.41) is 3.43. The van der Waals surface area contributed by atoms with Crippen LogP contribution in [0.1, 0.15) is 29.7 Å². The number of thiophene rings is 1. The van der Waals surface area contributed by atoms with Crippen LogP contribution in [0.3, 0.4) is 0 Å². The Morgan fingerprint density at radius 2 is 2.19 bits per heavy atom. The van der Waals surface area contributed by atoms with Gasteiger partial charge in [0.05, 0.1) is 6.61 Å². The summed E-state index contributed by atoms with van der Waals surface area (Å²) in [5.41, 5.74) is 1.05. The van der Waals surface area contributed by atoms with E-state index in [1.807, 2.05) is 6.92 Å². The second-order valence-electron chi connectivity index (χ2n) is 5.91. The molecule has 1 saturated heterocycles. The van der Waals surface area contributed by atoms with E-state index in [2.05, 4.69) is 10.0 Å². The number of ether oxygens (including phenoxy) is 1. The van der Waals surface area contributed by atoms with Crippen LogP contribution in [0.5, 0.6) is 0 Å². The standard InChI is InChI=1S/C14H22N2O3S2/c1-10-6-14(20-13(10)8-15-12-2-3-12)21(17,18)16-7-11-4-5-19-9-11/h6,11-12,15-16H,2-5,7-9H2,1H3. The van der Waals surface area contributed by atoms with Crippen molar-refractivity contribution in [1.29, 1.82) is 0 Å². The van der Waals surface area contributed by atoms with Gasteiger partial charge in [-0.1, -0.05) is 0 Å². The Labute approximate surface area is 130 Å². The lowest BCUT2D eigenvalue weighted by molar-refractivity contribution is 0.186. The Bertz CT molecular complexity index is 587. The van der Waals surface area contributed by atoms with Gasteiger partial charge in [0.15, 0.2) is 0 Å².